The Hall–Kier alpha value is -1.82. The molecule has 1 saturated heterocycles. The minimum Gasteiger partial charge on any atom is -0.382 e. The summed E-state index contributed by atoms with van der Waals surface area (Å²) in [6.07, 6.45) is 15.4. The lowest BCUT2D eigenvalue weighted by atomic mass is 10.1. The third kappa shape index (κ3) is 10.4. The summed E-state index contributed by atoms with van der Waals surface area (Å²) < 4.78 is 22.8. The Morgan fingerprint density at radius 1 is 0.935 bits per heavy atom. The normalized spacial score (nSPS) is 14.8. The summed E-state index contributed by atoms with van der Waals surface area (Å²) in [5.74, 6) is 0.756. The number of amides is 1. The maximum atomic E-state index is 12.5. The summed E-state index contributed by atoms with van der Waals surface area (Å²) in [5.41, 5.74) is 1.81. The Kier molecular flexibility index (Phi) is 11.7. The molecule has 1 heterocycles. The van der Waals surface area contributed by atoms with E-state index in [-0.39, 0.29) is 11.7 Å². The van der Waals surface area contributed by atoms with Crippen molar-refractivity contribution in [2.45, 2.75) is 71.1 Å². The summed E-state index contributed by atoms with van der Waals surface area (Å²) in [6, 6.07) is 7.80. The first-order valence-electron chi connectivity index (χ1n) is 12.0. The van der Waals surface area contributed by atoms with Crippen LogP contribution in [0.5, 0.6) is 0 Å². The van der Waals surface area contributed by atoms with Gasteiger partial charge in [0.25, 0.3) is 5.91 Å². The van der Waals surface area contributed by atoms with Crippen molar-refractivity contribution in [3.63, 3.8) is 0 Å². The van der Waals surface area contributed by atoms with E-state index in [0.29, 0.717) is 5.75 Å². The number of piperidine rings is 1. The highest BCUT2D eigenvalue weighted by Gasteiger charge is 2.17. The highest BCUT2D eigenvalue weighted by Crippen LogP contribution is 2.15. The Morgan fingerprint density at radius 3 is 2.26 bits per heavy atom. The van der Waals surface area contributed by atoms with Crippen molar-refractivity contribution in [3.05, 3.63) is 42.0 Å². The van der Waals surface area contributed by atoms with Crippen LogP contribution in [0.2, 0.25) is 0 Å². The topological polar surface area (TPSA) is 66.5 Å². The summed E-state index contributed by atoms with van der Waals surface area (Å²) in [4.78, 5) is 14.5. The summed E-state index contributed by atoms with van der Waals surface area (Å²) in [7, 11) is -2.79. The number of anilines is 1. The van der Waals surface area contributed by atoms with Gasteiger partial charge in [0.2, 0.25) is 0 Å². The molecule has 1 aliphatic heterocycles. The van der Waals surface area contributed by atoms with Crippen LogP contribution in [0.15, 0.2) is 36.4 Å². The maximum Gasteiger partial charge on any atom is 0.253 e. The number of sulfone groups is 1. The standard InChI is InChI=1S/C25H40N2O3S/c1-2-31(29,30)22-14-9-7-5-3-4-6-8-11-19-26-24-17-15-23(16-18-24)25(28)27-20-12-10-13-21-27/h8,11,15-18,26H,2-7,9-10,12-14,19-22H2,1H3. The molecule has 0 aliphatic carbocycles. The molecule has 2 rings (SSSR count). The zero-order chi connectivity index (χ0) is 22.4. The molecule has 0 aromatic heterocycles. The molecule has 1 aromatic carbocycles. The first kappa shape index (κ1) is 25.4. The van der Waals surface area contributed by atoms with E-state index in [9.17, 15) is 13.2 Å². The first-order chi connectivity index (χ1) is 15.0. The number of benzene rings is 1. The second-order valence-electron chi connectivity index (χ2n) is 8.43. The Balaban J connectivity index is 1.50. The van der Waals surface area contributed by atoms with Gasteiger partial charge < -0.3 is 10.2 Å². The summed E-state index contributed by atoms with van der Waals surface area (Å²) in [5, 5.41) is 3.37. The number of allylic oxidation sites excluding steroid dienone is 1. The minimum absolute atomic E-state index is 0.150. The van der Waals surface area contributed by atoms with E-state index in [0.717, 1.165) is 69.4 Å². The molecule has 1 aliphatic rings. The molecule has 1 fully saturated rings. The molecule has 0 radical (unpaired) electrons. The van der Waals surface area contributed by atoms with E-state index >= 15 is 0 Å². The molecule has 1 aromatic rings. The third-order valence-corrected chi connectivity index (χ3v) is 7.67. The number of hydrogen-bond acceptors (Lipinski definition) is 4. The smallest absolute Gasteiger partial charge is 0.253 e. The second-order valence-corrected chi connectivity index (χ2v) is 10.9. The van der Waals surface area contributed by atoms with Crippen LogP contribution in [0.3, 0.4) is 0 Å². The van der Waals surface area contributed by atoms with E-state index < -0.39 is 9.84 Å². The molecule has 5 nitrogen and oxygen atoms in total. The van der Waals surface area contributed by atoms with E-state index in [4.69, 9.17) is 0 Å². The number of nitrogens with one attached hydrogen (secondary N) is 1. The first-order valence-corrected chi connectivity index (χ1v) is 13.8. The minimum atomic E-state index is -2.79. The lowest BCUT2D eigenvalue weighted by Gasteiger charge is -2.26. The van der Waals surface area contributed by atoms with Crippen LogP contribution in [0.1, 0.15) is 81.5 Å². The van der Waals surface area contributed by atoms with E-state index in [1.165, 1.54) is 25.7 Å². The van der Waals surface area contributed by atoms with Gasteiger partial charge in [0.05, 0.1) is 5.75 Å². The van der Waals surface area contributed by atoms with Crippen molar-refractivity contribution in [3.8, 4) is 0 Å². The van der Waals surface area contributed by atoms with Gasteiger partial charge in [0.15, 0.2) is 0 Å². The molecule has 0 unspecified atom stereocenters. The van der Waals surface area contributed by atoms with E-state index in [1.807, 2.05) is 29.2 Å². The van der Waals surface area contributed by atoms with Crippen LogP contribution in [0.4, 0.5) is 5.69 Å². The number of rotatable bonds is 14. The van der Waals surface area contributed by atoms with Crippen LogP contribution in [0, 0.1) is 0 Å². The van der Waals surface area contributed by atoms with Gasteiger partial charge in [-0.15, -0.1) is 0 Å². The number of carbonyl (C=O) groups is 1. The number of hydrogen-bond donors (Lipinski definition) is 1. The zero-order valence-electron chi connectivity index (χ0n) is 19.2. The quantitative estimate of drug-likeness (QED) is 0.304. The Bertz CT molecular complexity index is 766. The highest BCUT2D eigenvalue weighted by molar-refractivity contribution is 7.91. The Morgan fingerprint density at radius 2 is 1.58 bits per heavy atom. The molecule has 0 saturated carbocycles. The average molecular weight is 449 g/mol. The van der Waals surface area contributed by atoms with Crippen LogP contribution >= 0.6 is 0 Å². The van der Waals surface area contributed by atoms with Crippen molar-refractivity contribution >= 4 is 21.4 Å². The van der Waals surface area contributed by atoms with Gasteiger partial charge in [0.1, 0.15) is 9.84 Å². The van der Waals surface area contributed by atoms with E-state index in [1.54, 1.807) is 6.92 Å². The monoisotopic (exact) mass is 448 g/mol. The van der Waals surface area contributed by atoms with Crippen molar-refractivity contribution in [1.82, 2.24) is 4.90 Å². The molecule has 0 atom stereocenters. The van der Waals surface area contributed by atoms with E-state index in [2.05, 4.69) is 17.5 Å². The average Bonchev–Trinajstić information content (AvgIpc) is 2.80. The molecule has 1 amide bonds. The van der Waals surface area contributed by atoms with Gasteiger partial charge in [-0.25, -0.2) is 8.42 Å². The maximum absolute atomic E-state index is 12.5. The largest absolute Gasteiger partial charge is 0.382 e. The van der Waals surface area contributed by atoms with Gasteiger partial charge in [-0.2, -0.15) is 0 Å². The van der Waals surface area contributed by atoms with Gasteiger partial charge in [-0.3, -0.25) is 4.79 Å². The molecule has 0 bridgehead atoms. The van der Waals surface area contributed by atoms with Crippen LogP contribution in [-0.4, -0.2) is 50.4 Å². The molecule has 6 heteroatoms. The SMILES string of the molecule is CCS(=O)(=O)CCCCCCCCC=CCNc1ccc(C(=O)N2CCCCC2)cc1. The fourth-order valence-electron chi connectivity index (χ4n) is 3.82. The molecule has 1 N–H and O–H groups in total. The fraction of sp³-hybridized carbons (Fsp3) is 0.640. The van der Waals surface area contributed by atoms with Crippen LogP contribution in [0.25, 0.3) is 0 Å². The lowest BCUT2D eigenvalue weighted by molar-refractivity contribution is 0.0724. The third-order valence-electron chi connectivity index (χ3n) is 5.88. The number of carbonyl (C=O) groups excluding carboxylic acids is 1. The van der Waals surface area contributed by atoms with Gasteiger partial charge in [-0.1, -0.05) is 44.8 Å². The van der Waals surface area contributed by atoms with Crippen molar-refractivity contribution in [2.24, 2.45) is 0 Å². The van der Waals surface area contributed by atoms with Crippen LogP contribution in [-0.2, 0) is 9.84 Å². The fourth-order valence-corrected chi connectivity index (χ4v) is 4.76. The Labute approximate surface area is 189 Å². The second kappa shape index (κ2) is 14.3. The number of nitrogens with zero attached hydrogens (tertiary/aromatic N) is 1. The molecule has 31 heavy (non-hydrogen) atoms. The van der Waals surface area contributed by atoms with Gasteiger partial charge in [-0.05, 0) is 62.8 Å². The highest BCUT2D eigenvalue weighted by atomic mass is 32.2. The molecular weight excluding hydrogens is 408 g/mol. The lowest BCUT2D eigenvalue weighted by Crippen LogP contribution is -2.35. The molecule has 0 spiro atoms. The molecule has 174 valence electrons. The van der Waals surface area contributed by atoms with Crippen molar-refractivity contribution in [1.29, 1.82) is 0 Å². The molecular formula is C25H40N2O3S. The van der Waals surface area contributed by atoms with Crippen molar-refractivity contribution in [2.75, 3.05) is 36.5 Å². The van der Waals surface area contributed by atoms with Crippen LogP contribution < -0.4 is 5.32 Å². The zero-order valence-corrected chi connectivity index (χ0v) is 20.0. The van der Waals surface area contributed by atoms with Crippen molar-refractivity contribution < 1.29 is 13.2 Å². The number of unbranched alkanes of at least 4 members (excludes halogenated alkanes) is 6. The summed E-state index contributed by atoms with van der Waals surface area (Å²) >= 11 is 0. The van der Waals surface area contributed by atoms with Gasteiger partial charge >= 0.3 is 0 Å². The number of likely N-dealkylation sites (tertiary alicyclic amines) is 1. The predicted molar refractivity (Wildman–Crippen MR) is 130 cm³/mol. The van der Waals surface area contributed by atoms with Gasteiger partial charge in [0, 0.05) is 36.6 Å². The summed E-state index contributed by atoms with van der Waals surface area (Å²) in [6.45, 7) is 4.26. The predicted octanol–water partition coefficient (Wildman–Crippen LogP) is 5.45.